The monoisotopic (exact) mass is 118 g/mol. The first-order chi connectivity index (χ1) is 3.48. The van der Waals surface area contributed by atoms with E-state index < -0.39 is 11.7 Å². The molecule has 0 saturated carbocycles. The fourth-order valence-electron chi connectivity index (χ4n) is 0.500. The molecule has 2 heteroatoms. The zero-order chi connectivity index (χ0) is 6.78. The van der Waals surface area contributed by atoms with E-state index in [1.54, 1.807) is 13.8 Å². The Hall–Kier alpha value is -0.0800. The fourth-order valence-corrected chi connectivity index (χ4v) is 0.500. The predicted octanol–water partition coefficient (Wildman–Crippen LogP) is 0.528. The van der Waals surface area contributed by atoms with E-state index in [2.05, 4.69) is 0 Å². The third-order valence-corrected chi connectivity index (χ3v) is 1.20. The Balaban J connectivity index is 3.62. The number of hydrogen-bond donors (Lipinski definition) is 2. The molecule has 0 aromatic heterocycles. The van der Waals surface area contributed by atoms with Crippen molar-refractivity contribution in [1.29, 1.82) is 0 Å². The molecular weight excluding hydrogens is 104 g/mol. The third-order valence-electron chi connectivity index (χ3n) is 1.20. The van der Waals surface area contributed by atoms with Crippen LogP contribution in [-0.4, -0.2) is 21.9 Å². The van der Waals surface area contributed by atoms with Crippen LogP contribution in [0.3, 0.4) is 0 Å². The molecule has 0 heterocycles. The van der Waals surface area contributed by atoms with Crippen LogP contribution in [0.2, 0.25) is 0 Å². The van der Waals surface area contributed by atoms with Crippen LogP contribution in [0.4, 0.5) is 0 Å². The van der Waals surface area contributed by atoms with Gasteiger partial charge in [-0.2, -0.15) is 0 Å². The van der Waals surface area contributed by atoms with Crippen LogP contribution in [0.5, 0.6) is 0 Å². The molecule has 1 atom stereocenters. The summed E-state index contributed by atoms with van der Waals surface area (Å²) in [5.41, 5.74) is -0.936. The summed E-state index contributed by atoms with van der Waals surface area (Å²) < 4.78 is 0. The summed E-state index contributed by atoms with van der Waals surface area (Å²) in [4.78, 5) is 0. The van der Waals surface area contributed by atoms with Gasteiger partial charge in [-0.15, -0.1) is 0 Å². The largest absolute Gasteiger partial charge is 0.390 e. The molecule has 2 nitrogen and oxygen atoms in total. The minimum Gasteiger partial charge on any atom is -0.390 e. The van der Waals surface area contributed by atoms with Crippen LogP contribution < -0.4 is 0 Å². The van der Waals surface area contributed by atoms with Crippen LogP contribution in [0.15, 0.2) is 0 Å². The maximum absolute atomic E-state index is 9.04. The van der Waals surface area contributed by atoms with Crippen LogP contribution in [0.1, 0.15) is 27.2 Å². The highest BCUT2D eigenvalue weighted by molar-refractivity contribution is 4.73. The van der Waals surface area contributed by atoms with Gasteiger partial charge in [0.25, 0.3) is 0 Å². The van der Waals surface area contributed by atoms with E-state index in [9.17, 15) is 0 Å². The highest BCUT2D eigenvalue weighted by Crippen LogP contribution is 2.09. The molecule has 0 rings (SSSR count). The predicted molar refractivity (Wildman–Crippen MR) is 32.6 cm³/mol. The van der Waals surface area contributed by atoms with E-state index in [-0.39, 0.29) is 0 Å². The van der Waals surface area contributed by atoms with E-state index in [0.717, 1.165) is 0 Å². The quantitative estimate of drug-likeness (QED) is 0.555. The van der Waals surface area contributed by atoms with Crippen molar-refractivity contribution < 1.29 is 10.2 Å². The first-order valence-corrected chi connectivity index (χ1v) is 2.89. The summed E-state index contributed by atoms with van der Waals surface area (Å²) in [6.07, 6.45) is 0.00579. The molecule has 0 fully saturated rings. The minimum atomic E-state index is -0.936. The van der Waals surface area contributed by atoms with Gasteiger partial charge in [-0.05, 0) is 20.3 Å². The van der Waals surface area contributed by atoms with Crippen molar-refractivity contribution in [2.45, 2.75) is 38.9 Å². The molecule has 0 aromatic rings. The second kappa shape index (κ2) is 2.46. The molecule has 0 amide bonds. The highest BCUT2D eigenvalue weighted by atomic mass is 16.3. The molecule has 2 N–H and O–H groups in total. The molecule has 0 spiro atoms. The second-order valence-electron chi connectivity index (χ2n) is 2.58. The summed E-state index contributed by atoms with van der Waals surface area (Å²) in [6.45, 7) is 5.03. The van der Waals surface area contributed by atoms with Crippen LogP contribution in [0, 0.1) is 0 Å². The van der Waals surface area contributed by atoms with Crippen molar-refractivity contribution in [2.24, 2.45) is 0 Å². The summed E-state index contributed by atoms with van der Waals surface area (Å²) >= 11 is 0. The molecule has 0 radical (unpaired) electrons. The van der Waals surface area contributed by atoms with Gasteiger partial charge in [0.15, 0.2) is 0 Å². The van der Waals surface area contributed by atoms with Crippen molar-refractivity contribution in [3.8, 4) is 0 Å². The molecule has 0 aliphatic carbocycles. The summed E-state index contributed by atoms with van der Waals surface area (Å²) in [5, 5.41) is 18.0. The molecule has 0 aliphatic heterocycles. The Kier molecular flexibility index (Phi) is 2.44. The minimum absolute atomic E-state index is 0.595. The molecular formula is C6H14O2. The van der Waals surface area contributed by atoms with Gasteiger partial charge < -0.3 is 10.2 Å². The molecule has 50 valence electrons. The van der Waals surface area contributed by atoms with E-state index in [1.165, 1.54) is 0 Å². The van der Waals surface area contributed by atoms with Crippen LogP contribution in [0.25, 0.3) is 0 Å². The maximum atomic E-state index is 9.04. The summed E-state index contributed by atoms with van der Waals surface area (Å²) in [5.74, 6) is 0. The SMILES string of the molecule is CC[C@H](O)C(C)(C)O. The van der Waals surface area contributed by atoms with Gasteiger partial charge in [0.05, 0.1) is 11.7 Å². The van der Waals surface area contributed by atoms with Gasteiger partial charge in [-0.25, -0.2) is 0 Å². The smallest absolute Gasteiger partial charge is 0.0849 e. The molecule has 0 saturated heterocycles. The average Bonchev–Trinajstić information content (AvgIpc) is 1.62. The average molecular weight is 118 g/mol. The zero-order valence-electron chi connectivity index (χ0n) is 5.68. The van der Waals surface area contributed by atoms with Crippen LogP contribution in [-0.2, 0) is 0 Å². The number of rotatable bonds is 2. The van der Waals surface area contributed by atoms with Crippen molar-refractivity contribution in [2.75, 3.05) is 0 Å². The Morgan fingerprint density at radius 2 is 1.88 bits per heavy atom. The first kappa shape index (κ1) is 7.92. The van der Waals surface area contributed by atoms with Gasteiger partial charge in [0, 0.05) is 0 Å². The zero-order valence-corrected chi connectivity index (χ0v) is 5.68. The fraction of sp³-hybridized carbons (Fsp3) is 1.00. The van der Waals surface area contributed by atoms with E-state index >= 15 is 0 Å². The number of hydrogen-bond acceptors (Lipinski definition) is 2. The standard InChI is InChI=1S/C6H14O2/c1-4-5(7)6(2,3)8/h5,7-8H,4H2,1-3H3/t5-/m0/s1. The second-order valence-corrected chi connectivity index (χ2v) is 2.58. The Morgan fingerprint density at radius 1 is 1.50 bits per heavy atom. The number of aliphatic hydroxyl groups excluding tert-OH is 1. The van der Waals surface area contributed by atoms with Gasteiger partial charge in [0.2, 0.25) is 0 Å². The van der Waals surface area contributed by atoms with Gasteiger partial charge >= 0.3 is 0 Å². The van der Waals surface area contributed by atoms with Crippen LogP contribution >= 0.6 is 0 Å². The van der Waals surface area contributed by atoms with E-state index in [0.29, 0.717) is 6.42 Å². The lowest BCUT2D eigenvalue weighted by atomic mass is 10.0. The lowest BCUT2D eigenvalue weighted by Crippen LogP contribution is -2.34. The first-order valence-electron chi connectivity index (χ1n) is 2.89. The molecule has 8 heavy (non-hydrogen) atoms. The lowest BCUT2D eigenvalue weighted by molar-refractivity contribution is -0.0488. The normalized spacial score (nSPS) is 16.1. The maximum Gasteiger partial charge on any atom is 0.0849 e. The van der Waals surface area contributed by atoms with Crippen molar-refractivity contribution in [1.82, 2.24) is 0 Å². The van der Waals surface area contributed by atoms with Gasteiger partial charge in [-0.1, -0.05) is 6.92 Å². The van der Waals surface area contributed by atoms with E-state index in [4.69, 9.17) is 10.2 Å². The topological polar surface area (TPSA) is 40.5 Å². The van der Waals surface area contributed by atoms with Gasteiger partial charge in [-0.3, -0.25) is 0 Å². The van der Waals surface area contributed by atoms with E-state index in [1.807, 2.05) is 6.92 Å². The molecule has 0 unspecified atom stereocenters. The lowest BCUT2D eigenvalue weighted by Gasteiger charge is -2.22. The number of aliphatic hydroxyl groups is 2. The summed E-state index contributed by atoms with van der Waals surface area (Å²) in [6, 6.07) is 0. The van der Waals surface area contributed by atoms with Crippen molar-refractivity contribution >= 4 is 0 Å². The Morgan fingerprint density at radius 3 is 1.88 bits per heavy atom. The Bertz CT molecular complexity index is 63.4. The third kappa shape index (κ3) is 2.28. The Labute approximate surface area is 50.2 Å². The summed E-state index contributed by atoms with van der Waals surface area (Å²) in [7, 11) is 0. The molecule has 0 aliphatic rings. The molecule has 0 bridgehead atoms. The van der Waals surface area contributed by atoms with Crippen molar-refractivity contribution in [3.05, 3.63) is 0 Å². The molecule has 0 aromatic carbocycles. The van der Waals surface area contributed by atoms with Crippen molar-refractivity contribution in [3.63, 3.8) is 0 Å². The highest BCUT2D eigenvalue weighted by Gasteiger charge is 2.21. The van der Waals surface area contributed by atoms with Gasteiger partial charge in [0.1, 0.15) is 0 Å².